The molecule has 0 saturated carbocycles. The number of rotatable bonds is 2. The molecule has 29 heavy (non-hydrogen) atoms. The first-order valence-electron chi connectivity index (χ1n) is 10.2. The van der Waals surface area contributed by atoms with Gasteiger partial charge in [0, 0.05) is 11.4 Å². The van der Waals surface area contributed by atoms with Crippen molar-refractivity contribution in [3.8, 4) is 0 Å². The molecule has 0 saturated heterocycles. The largest absolute Gasteiger partial charge is 0.356 e. The zero-order valence-corrected chi connectivity index (χ0v) is 17.2. The Hall–Kier alpha value is -3.32. The summed E-state index contributed by atoms with van der Waals surface area (Å²) in [6.07, 6.45) is 0. The number of nitrogens with one attached hydrogen (secondary N) is 1. The van der Waals surface area contributed by atoms with Crippen LogP contribution < -0.4 is 5.32 Å². The van der Waals surface area contributed by atoms with Gasteiger partial charge >= 0.3 is 0 Å². The molecule has 0 aliphatic carbocycles. The molecule has 0 spiro atoms. The summed E-state index contributed by atoms with van der Waals surface area (Å²) in [6, 6.07) is 32.9. The summed E-state index contributed by atoms with van der Waals surface area (Å²) in [4.78, 5) is 0. The molecule has 142 valence electrons. The molecule has 5 rings (SSSR count). The van der Waals surface area contributed by atoms with Crippen LogP contribution in [-0.2, 0) is 5.41 Å². The quantitative estimate of drug-likeness (QED) is 0.307. The fourth-order valence-corrected chi connectivity index (χ4v) is 4.21. The Morgan fingerprint density at radius 2 is 0.931 bits per heavy atom. The molecule has 0 heterocycles. The van der Waals surface area contributed by atoms with E-state index in [-0.39, 0.29) is 5.41 Å². The average molecular weight is 376 g/mol. The van der Waals surface area contributed by atoms with Crippen LogP contribution in [0.15, 0.2) is 91.0 Å². The lowest BCUT2D eigenvalue weighted by molar-refractivity contribution is 0.590. The van der Waals surface area contributed by atoms with Crippen LogP contribution in [0.1, 0.15) is 26.3 Å². The molecule has 0 aliphatic rings. The Labute approximate surface area is 172 Å². The van der Waals surface area contributed by atoms with Crippen molar-refractivity contribution >= 4 is 43.7 Å². The molecule has 0 aliphatic heterocycles. The van der Waals surface area contributed by atoms with Crippen molar-refractivity contribution in [2.24, 2.45) is 0 Å². The minimum Gasteiger partial charge on any atom is -0.356 e. The molecule has 5 aromatic rings. The van der Waals surface area contributed by atoms with E-state index in [2.05, 4.69) is 117 Å². The third-order valence-corrected chi connectivity index (χ3v) is 5.78. The number of fused-ring (bicyclic) bond motifs is 6. The summed E-state index contributed by atoms with van der Waals surface area (Å²) in [5.74, 6) is 0. The molecule has 5 aromatic carbocycles. The van der Waals surface area contributed by atoms with Gasteiger partial charge in [-0.2, -0.15) is 0 Å². The van der Waals surface area contributed by atoms with Crippen molar-refractivity contribution in [1.29, 1.82) is 0 Å². The molecule has 0 fully saturated rings. The normalized spacial score (nSPS) is 12.0. The highest BCUT2D eigenvalue weighted by atomic mass is 14.9. The van der Waals surface area contributed by atoms with Gasteiger partial charge in [0.25, 0.3) is 0 Å². The maximum absolute atomic E-state index is 3.59. The molecule has 1 N–H and O–H groups in total. The highest BCUT2D eigenvalue weighted by Crippen LogP contribution is 2.36. The lowest BCUT2D eigenvalue weighted by Gasteiger charge is -2.19. The van der Waals surface area contributed by atoms with Crippen LogP contribution in [-0.4, -0.2) is 0 Å². The van der Waals surface area contributed by atoms with Gasteiger partial charge in [0.15, 0.2) is 0 Å². The van der Waals surface area contributed by atoms with Gasteiger partial charge < -0.3 is 5.32 Å². The summed E-state index contributed by atoms with van der Waals surface area (Å²) in [7, 11) is 0. The van der Waals surface area contributed by atoms with E-state index in [4.69, 9.17) is 0 Å². The third-order valence-electron chi connectivity index (χ3n) is 5.78. The van der Waals surface area contributed by atoms with Gasteiger partial charge in [-0.05, 0) is 67.6 Å². The molecule has 0 amide bonds. The van der Waals surface area contributed by atoms with Gasteiger partial charge in [0.2, 0.25) is 0 Å². The van der Waals surface area contributed by atoms with Crippen molar-refractivity contribution in [3.05, 3.63) is 96.6 Å². The molecular formula is C28H25N. The minimum absolute atomic E-state index is 0.168. The Morgan fingerprint density at radius 3 is 1.45 bits per heavy atom. The summed E-state index contributed by atoms with van der Waals surface area (Å²) < 4.78 is 0. The number of hydrogen-bond donors (Lipinski definition) is 1. The number of hydrogen-bond acceptors (Lipinski definition) is 1. The molecule has 0 aromatic heterocycles. The van der Waals surface area contributed by atoms with Crippen LogP contribution in [0, 0.1) is 0 Å². The van der Waals surface area contributed by atoms with Crippen LogP contribution in [0.2, 0.25) is 0 Å². The van der Waals surface area contributed by atoms with Gasteiger partial charge in [-0.1, -0.05) is 87.5 Å². The summed E-state index contributed by atoms with van der Waals surface area (Å²) in [6.45, 7) is 6.73. The van der Waals surface area contributed by atoms with E-state index in [1.54, 1.807) is 0 Å². The molecule has 1 nitrogen and oxygen atoms in total. The van der Waals surface area contributed by atoms with Crippen LogP contribution >= 0.6 is 0 Å². The van der Waals surface area contributed by atoms with E-state index < -0.39 is 0 Å². The second kappa shape index (κ2) is 6.63. The van der Waals surface area contributed by atoms with Crippen LogP contribution in [0.25, 0.3) is 32.3 Å². The van der Waals surface area contributed by atoms with Gasteiger partial charge in [-0.15, -0.1) is 0 Å². The second-order valence-corrected chi connectivity index (χ2v) is 8.80. The lowest BCUT2D eigenvalue weighted by Crippen LogP contribution is -2.10. The predicted molar refractivity (Wildman–Crippen MR) is 127 cm³/mol. The monoisotopic (exact) mass is 375 g/mol. The topological polar surface area (TPSA) is 12.0 Å². The Kier molecular flexibility index (Phi) is 4.06. The van der Waals surface area contributed by atoms with Crippen LogP contribution in [0.4, 0.5) is 11.4 Å². The first-order valence-corrected chi connectivity index (χ1v) is 10.2. The zero-order valence-electron chi connectivity index (χ0n) is 17.2. The van der Waals surface area contributed by atoms with Crippen molar-refractivity contribution in [2.75, 3.05) is 5.32 Å². The SMILES string of the molecule is CC(C)(C)c1ccc(Nc2ccc3c4ccccc4c4ccccc4c3c2)cc1. The van der Waals surface area contributed by atoms with Crippen LogP contribution in [0.5, 0.6) is 0 Å². The fraction of sp³-hybridized carbons (Fsp3) is 0.143. The Balaban J connectivity index is 1.64. The van der Waals surface area contributed by atoms with Crippen LogP contribution in [0.3, 0.4) is 0 Å². The highest BCUT2D eigenvalue weighted by molar-refractivity contribution is 6.25. The first kappa shape index (κ1) is 17.8. The maximum atomic E-state index is 3.59. The molecular weight excluding hydrogens is 350 g/mol. The fourth-order valence-electron chi connectivity index (χ4n) is 4.21. The van der Waals surface area contributed by atoms with Gasteiger partial charge in [-0.3, -0.25) is 0 Å². The standard InChI is InChI=1S/C28H25N/c1-28(2,3)19-12-14-20(15-13-19)29-21-16-17-26-24-10-5-4-8-22(24)23-9-6-7-11-25(23)27(26)18-21/h4-18,29H,1-3H3. The third kappa shape index (κ3) is 3.13. The van der Waals surface area contributed by atoms with Crippen molar-refractivity contribution in [1.82, 2.24) is 0 Å². The smallest absolute Gasteiger partial charge is 0.0390 e. The predicted octanol–water partition coefficient (Wildman–Crippen LogP) is 8.19. The summed E-state index contributed by atoms with van der Waals surface area (Å²) >= 11 is 0. The summed E-state index contributed by atoms with van der Waals surface area (Å²) in [5, 5.41) is 11.4. The highest BCUT2D eigenvalue weighted by Gasteiger charge is 2.13. The van der Waals surface area contributed by atoms with E-state index >= 15 is 0 Å². The maximum Gasteiger partial charge on any atom is 0.0390 e. The minimum atomic E-state index is 0.168. The lowest BCUT2D eigenvalue weighted by atomic mass is 9.87. The Bertz CT molecular complexity index is 1300. The van der Waals surface area contributed by atoms with Crippen molar-refractivity contribution in [2.45, 2.75) is 26.2 Å². The molecule has 0 radical (unpaired) electrons. The van der Waals surface area contributed by atoms with E-state index in [9.17, 15) is 0 Å². The molecule has 0 atom stereocenters. The zero-order chi connectivity index (χ0) is 20.0. The van der Waals surface area contributed by atoms with Crippen molar-refractivity contribution < 1.29 is 0 Å². The van der Waals surface area contributed by atoms with E-state index in [0.29, 0.717) is 0 Å². The Morgan fingerprint density at radius 1 is 0.483 bits per heavy atom. The average Bonchev–Trinajstić information content (AvgIpc) is 2.74. The molecule has 0 unspecified atom stereocenters. The molecule has 1 heteroatoms. The van der Waals surface area contributed by atoms with Gasteiger partial charge in [-0.25, -0.2) is 0 Å². The summed E-state index contributed by atoms with van der Waals surface area (Å²) in [5.41, 5.74) is 3.74. The van der Waals surface area contributed by atoms with Gasteiger partial charge in [0.05, 0.1) is 0 Å². The van der Waals surface area contributed by atoms with E-state index in [1.807, 2.05) is 0 Å². The van der Waals surface area contributed by atoms with Gasteiger partial charge in [0.1, 0.15) is 0 Å². The molecule has 0 bridgehead atoms. The number of benzene rings is 5. The van der Waals surface area contributed by atoms with Crippen molar-refractivity contribution in [3.63, 3.8) is 0 Å². The first-order chi connectivity index (χ1) is 14.0. The number of anilines is 2. The van der Waals surface area contributed by atoms with E-state index in [0.717, 1.165) is 11.4 Å². The second-order valence-electron chi connectivity index (χ2n) is 8.80. The van der Waals surface area contributed by atoms with E-state index in [1.165, 1.54) is 37.9 Å².